The highest BCUT2D eigenvalue weighted by atomic mass is 16.1. The van der Waals surface area contributed by atoms with E-state index < -0.39 is 0 Å². The van der Waals surface area contributed by atoms with Crippen molar-refractivity contribution in [1.29, 1.82) is 0 Å². The molecular formula is C14H27N2O. The van der Waals surface area contributed by atoms with Crippen molar-refractivity contribution in [2.24, 2.45) is 11.8 Å². The van der Waals surface area contributed by atoms with Crippen molar-refractivity contribution in [3.8, 4) is 0 Å². The van der Waals surface area contributed by atoms with Gasteiger partial charge in [0.1, 0.15) is 0 Å². The topological polar surface area (TPSA) is 43.2 Å². The molecule has 1 aliphatic rings. The van der Waals surface area contributed by atoms with E-state index in [-0.39, 0.29) is 5.91 Å². The molecule has 3 nitrogen and oxygen atoms in total. The Kier molecular flexibility index (Phi) is 6.56. The van der Waals surface area contributed by atoms with Crippen molar-refractivity contribution in [3.63, 3.8) is 0 Å². The summed E-state index contributed by atoms with van der Waals surface area (Å²) >= 11 is 0. The van der Waals surface area contributed by atoms with Crippen LogP contribution in [-0.2, 0) is 4.79 Å². The van der Waals surface area contributed by atoms with Crippen LogP contribution in [0.4, 0.5) is 0 Å². The maximum atomic E-state index is 11.7. The Labute approximate surface area is 106 Å². The summed E-state index contributed by atoms with van der Waals surface area (Å²) in [5.74, 6) is 1.50. The average molecular weight is 239 g/mol. The third kappa shape index (κ3) is 6.67. The summed E-state index contributed by atoms with van der Waals surface area (Å²) in [6.45, 7) is 8.45. The van der Waals surface area contributed by atoms with Crippen LogP contribution in [0.15, 0.2) is 0 Å². The van der Waals surface area contributed by atoms with Gasteiger partial charge in [-0.3, -0.25) is 4.79 Å². The van der Waals surface area contributed by atoms with Crippen LogP contribution in [0.1, 0.15) is 52.9 Å². The minimum atomic E-state index is 0.212. The zero-order valence-electron chi connectivity index (χ0n) is 11.5. The molecule has 1 amide bonds. The highest BCUT2D eigenvalue weighted by Gasteiger charge is 2.16. The van der Waals surface area contributed by atoms with Crippen LogP contribution in [0.5, 0.6) is 0 Å². The van der Waals surface area contributed by atoms with E-state index in [1.807, 2.05) is 0 Å². The Bertz CT molecular complexity index is 222. The van der Waals surface area contributed by atoms with Gasteiger partial charge in [-0.05, 0) is 44.4 Å². The molecule has 99 valence electrons. The number of carbonyl (C=O) groups excluding carboxylic acids is 1. The van der Waals surface area contributed by atoms with Gasteiger partial charge in [-0.25, -0.2) is 5.32 Å². The summed E-state index contributed by atoms with van der Waals surface area (Å²) in [7, 11) is 0. The third-order valence-electron chi connectivity index (χ3n) is 3.33. The van der Waals surface area contributed by atoms with Crippen LogP contribution in [0.3, 0.4) is 0 Å². The highest BCUT2D eigenvalue weighted by Crippen LogP contribution is 2.16. The normalized spacial score (nSPS) is 22.5. The molecule has 0 bridgehead atoms. The summed E-state index contributed by atoms with van der Waals surface area (Å²) in [4.78, 5) is 11.7. The molecule has 0 saturated carbocycles. The van der Waals surface area contributed by atoms with Gasteiger partial charge in [0.2, 0.25) is 5.91 Å². The number of nitrogens with one attached hydrogen (secondary N) is 1. The molecule has 0 aromatic rings. The van der Waals surface area contributed by atoms with Crippen LogP contribution in [0.25, 0.3) is 0 Å². The molecule has 0 aromatic heterocycles. The van der Waals surface area contributed by atoms with Gasteiger partial charge in [-0.15, -0.1) is 0 Å². The fourth-order valence-corrected chi connectivity index (χ4v) is 2.54. The van der Waals surface area contributed by atoms with E-state index in [0.29, 0.717) is 24.3 Å². The van der Waals surface area contributed by atoms with Gasteiger partial charge in [-0.2, -0.15) is 0 Å². The van der Waals surface area contributed by atoms with Crippen molar-refractivity contribution < 1.29 is 4.79 Å². The predicted molar refractivity (Wildman–Crippen MR) is 70.9 cm³/mol. The molecule has 3 heteroatoms. The molecule has 0 spiro atoms. The lowest BCUT2D eigenvalue weighted by molar-refractivity contribution is -0.122. The lowest BCUT2D eigenvalue weighted by Gasteiger charge is -2.21. The van der Waals surface area contributed by atoms with Crippen LogP contribution >= 0.6 is 0 Å². The fourth-order valence-electron chi connectivity index (χ4n) is 2.54. The smallest absolute Gasteiger partial charge is 0.220 e. The Balaban J connectivity index is 2.11. The Hall–Kier alpha value is -0.570. The molecule has 0 aliphatic carbocycles. The number of piperidine rings is 1. The van der Waals surface area contributed by atoms with E-state index in [1.165, 1.54) is 12.8 Å². The summed E-state index contributed by atoms with van der Waals surface area (Å²) in [5, 5.41) is 7.49. The van der Waals surface area contributed by atoms with Crippen molar-refractivity contribution in [2.75, 3.05) is 13.1 Å². The average Bonchev–Trinajstić information content (AvgIpc) is 2.26. The number of amides is 1. The second-order valence-corrected chi connectivity index (χ2v) is 5.77. The molecule has 17 heavy (non-hydrogen) atoms. The number of hydrogen-bond donors (Lipinski definition) is 1. The van der Waals surface area contributed by atoms with E-state index in [9.17, 15) is 4.79 Å². The third-order valence-corrected chi connectivity index (χ3v) is 3.33. The summed E-state index contributed by atoms with van der Waals surface area (Å²) < 4.78 is 0. The van der Waals surface area contributed by atoms with Gasteiger partial charge in [-0.1, -0.05) is 13.8 Å². The van der Waals surface area contributed by atoms with E-state index >= 15 is 0 Å². The zero-order chi connectivity index (χ0) is 12.7. The van der Waals surface area contributed by atoms with E-state index in [0.717, 1.165) is 25.9 Å². The van der Waals surface area contributed by atoms with Crippen LogP contribution in [-0.4, -0.2) is 25.0 Å². The fraction of sp³-hybridized carbons (Fsp3) is 0.929. The van der Waals surface area contributed by atoms with E-state index in [2.05, 4.69) is 31.4 Å². The van der Waals surface area contributed by atoms with Crippen LogP contribution < -0.4 is 10.6 Å². The number of carbonyl (C=O) groups is 1. The first-order chi connectivity index (χ1) is 8.08. The van der Waals surface area contributed by atoms with Gasteiger partial charge in [0.25, 0.3) is 0 Å². The molecule has 1 saturated heterocycles. The number of rotatable bonds is 6. The Morgan fingerprint density at radius 1 is 1.41 bits per heavy atom. The predicted octanol–water partition coefficient (Wildman–Crippen LogP) is 2.33. The minimum absolute atomic E-state index is 0.212. The summed E-state index contributed by atoms with van der Waals surface area (Å²) in [6.07, 6.45) is 5.19. The van der Waals surface area contributed by atoms with Gasteiger partial charge in [0, 0.05) is 25.6 Å². The SMILES string of the molecule is CC(C)CC(C)NC(=O)CCC1CCC[N]C1. The molecule has 1 fully saturated rings. The molecule has 0 aromatic carbocycles. The van der Waals surface area contributed by atoms with Crippen LogP contribution in [0, 0.1) is 11.8 Å². The minimum Gasteiger partial charge on any atom is -0.354 e. The zero-order valence-corrected chi connectivity index (χ0v) is 11.5. The molecule has 1 rings (SSSR count). The number of hydrogen-bond acceptors (Lipinski definition) is 1. The van der Waals surface area contributed by atoms with Crippen molar-refractivity contribution in [3.05, 3.63) is 0 Å². The highest BCUT2D eigenvalue weighted by molar-refractivity contribution is 5.76. The second kappa shape index (κ2) is 7.70. The van der Waals surface area contributed by atoms with Gasteiger partial charge in [0.15, 0.2) is 0 Å². The quantitative estimate of drug-likeness (QED) is 0.759. The molecule has 1 heterocycles. The molecule has 2 atom stereocenters. The van der Waals surface area contributed by atoms with E-state index in [1.54, 1.807) is 0 Å². The largest absolute Gasteiger partial charge is 0.354 e. The Morgan fingerprint density at radius 3 is 2.76 bits per heavy atom. The molecule has 2 unspecified atom stereocenters. The molecule has 1 radical (unpaired) electrons. The maximum absolute atomic E-state index is 11.7. The summed E-state index contributed by atoms with van der Waals surface area (Å²) in [6, 6.07) is 0.304. The first kappa shape index (κ1) is 14.5. The number of nitrogens with zero attached hydrogens (tertiary/aromatic N) is 1. The molecule has 1 N–H and O–H groups in total. The van der Waals surface area contributed by atoms with Crippen molar-refractivity contribution in [2.45, 2.75) is 58.9 Å². The first-order valence-electron chi connectivity index (χ1n) is 7.00. The van der Waals surface area contributed by atoms with Crippen molar-refractivity contribution >= 4 is 5.91 Å². The lowest BCUT2D eigenvalue weighted by Crippen LogP contribution is -2.34. The van der Waals surface area contributed by atoms with Crippen LogP contribution in [0.2, 0.25) is 0 Å². The molecule has 1 aliphatic heterocycles. The van der Waals surface area contributed by atoms with Gasteiger partial charge < -0.3 is 5.32 Å². The monoisotopic (exact) mass is 239 g/mol. The van der Waals surface area contributed by atoms with Gasteiger partial charge >= 0.3 is 0 Å². The standard InChI is InChI=1S/C14H27N2O/c1-11(2)9-12(3)16-14(17)7-6-13-5-4-8-15-10-13/h11-13H,4-10H2,1-3H3,(H,16,17). The van der Waals surface area contributed by atoms with E-state index in [4.69, 9.17) is 0 Å². The summed E-state index contributed by atoms with van der Waals surface area (Å²) in [5.41, 5.74) is 0. The lowest BCUT2D eigenvalue weighted by atomic mass is 9.94. The maximum Gasteiger partial charge on any atom is 0.220 e. The first-order valence-corrected chi connectivity index (χ1v) is 7.00. The van der Waals surface area contributed by atoms with Crippen molar-refractivity contribution in [1.82, 2.24) is 10.6 Å². The van der Waals surface area contributed by atoms with Gasteiger partial charge in [0.05, 0.1) is 0 Å². The molecular weight excluding hydrogens is 212 g/mol. The Morgan fingerprint density at radius 2 is 2.18 bits per heavy atom. The second-order valence-electron chi connectivity index (χ2n) is 5.77.